The predicted molar refractivity (Wildman–Crippen MR) is 62.3 cm³/mol. The molecule has 0 radical (unpaired) electrons. The van der Waals surface area contributed by atoms with Gasteiger partial charge in [-0.15, -0.1) is 0 Å². The highest BCUT2D eigenvalue weighted by atomic mass is 79.9. The van der Waals surface area contributed by atoms with Gasteiger partial charge in [0.2, 0.25) is 0 Å². The van der Waals surface area contributed by atoms with Gasteiger partial charge >= 0.3 is 0 Å². The normalized spacial score (nSPS) is 10.3. The van der Waals surface area contributed by atoms with Crippen LogP contribution in [0.25, 0.3) is 11.4 Å². The van der Waals surface area contributed by atoms with Crippen LogP contribution in [0.2, 0.25) is 0 Å². The van der Waals surface area contributed by atoms with E-state index in [1.165, 1.54) is 0 Å². The van der Waals surface area contributed by atoms with E-state index in [1.807, 2.05) is 31.2 Å². The molecule has 0 saturated heterocycles. The number of hydrogen-bond donors (Lipinski definition) is 0. The molecule has 0 aliphatic carbocycles. The molecule has 2 aromatic rings. The maximum absolute atomic E-state index is 4.35. The first-order valence-corrected chi connectivity index (χ1v) is 5.52. The van der Waals surface area contributed by atoms with E-state index in [2.05, 4.69) is 30.9 Å². The molecule has 0 amide bonds. The van der Waals surface area contributed by atoms with E-state index in [0.29, 0.717) is 0 Å². The number of aryl methyl sites for hydroxylation is 1. The number of rotatable bonds is 2. The third-order valence-corrected chi connectivity index (χ3v) is 2.57. The Morgan fingerprint density at radius 1 is 1.13 bits per heavy atom. The molecular weight excluding hydrogens is 254 g/mol. The van der Waals surface area contributed by atoms with Crippen molar-refractivity contribution in [1.29, 1.82) is 0 Å². The van der Waals surface area contributed by atoms with E-state index in [0.717, 1.165) is 28.1 Å². The van der Waals surface area contributed by atoms with Crippen molar-refractivity contribution in [2.24, 2.45) is 0 Å². The zero-order chi connectivity index (χ0) is 10.7. The van der Waals surface area contributed by atoms with E-state index in [9.17, 15) is 0 Å². The topological polar surface area (TPSA) is 38.7 Å². The van der Waals surface area contributed by atoms with Crippen molar-refractivity contribution in [2.45, 2.75) is 13.3 Å². The molecule has 0 aliphatic rings. The number of halogens is 1. The van der Waals surface area contributed by atoms with Crippen molar-refractivity contribution in [3.05, 3.63) is 40.9 Å². The highest BCUT2D eigenvalue weighted by Gasteiger charge is 2.01. The van der Waals surface area contributed by atoms with E-state index in [-0.39, 0.29) is 0 Å². The quantitative estimate of drug-likeness (QED) is 0.837. The molecule has 76 valence electrons. The molecule has 0 unspecified atom stereocenters. The van der Waals surface area contributed by atoms with Crippen molar-refractivity contribution in [3.8, 4) is 11.4 Å². The second kappa shape index (κ2) is 4.49. The lowest BCUT2D eigenvalue weighted by molar-refractivity contribution is 0.903. The van der Waals surface area contributed by atoms with Crippen molar-refractivity contribution >= 4 is 15.9 Å². The summed E-state index contributed by atoms with van der Waals surface area (Å²) < 4.78 is 1.05. The second-order valence-electron chi connectivity index (χ2n) is 3.09. The number of aromatic nitrogens is 3. The molecule has 0 spiro atoms. The lowest BCUT2D eigenvalue weighted by Gasteiger charge is -2.01. The monoisotopic (exact) mass is 263 g/mol. The Morgan fingerprint density at radius 2 is 1.87 bits per heavy atom. The zero-order valence-corrected chi connectivity index (χ0v) is 9.90. The summed E-state index contributed by atoms with van der Waals surface area (Å²) in [5.74, 6) is 1.55. The molecule has 1 aromatic carbocycles. The molecule has 2 rings (SSSR count). The molecule has 3 nitrogen and oxygen atoms in total. The largest absolute Gasteiger partial charge is 0.221 e. The first-order chi connectivity index (χ1) is 7.29. The summed E-state index contributed by atoms with van der Waals surface area (Å²) >= 11 is 3.39. The van der Waals surface area contributed by atoms with Crippen molar-refractivity contribution in [3.63, 3.8) is 0 Å². The molecule has 1 heterocycles. The molecule has 0 aliphatic heterocycles. The summed E-state index contributed by atoms with van der Waals surface area (Å²) in [6.45, 7) is 2.03. The van der Waals surface area contributed by atoms with Crippen LogP contribution < -0.4 is 0 Å². The van der Waals surface area contributed by atoms with Crippen molar-refractivity contribution in [1.82, 2.24) is 15.0 Å². The predicted octanol–water partition coefficient (Wildman–Crippen LogP) is 2.86. The Morgan fingerprint density at radius 3 is 2.53 bits per heavy atom. The van der Waals surface area contributed by atoms with Gasteiger partial charge in [0.05, 0.1) is 0 Å². The van der Waals surface area contributed by atoms with Gasteiger partial charge < -0.3 is 0 Å². The minimum Gasteiger partial charge on any atom is -0.221 e. The molecule has 0 N–H and O–H groups in total. The van der Waals surface area contributed by atoms with Crippen molar-refractivity contribution < 1.29 is 0 Å². The minimum absolute atomic E-state index is 0.731. The SMILES string of the molecule is CCc1ncnc(-c2ccc(Br)cc2)n1. The van der Waals surface area contributed by atoms with Crippen LogP contribution in [0, 0.1) is 0 Å². The van der Waals surface area contributed by atoms with Gasteiger partial charge in [-0.3, -0.25) is 0 Å². The van der Waals surface area contributed by atoms with Crippen LogP contribution in [0.3, 0.4) is 0 Å². The second-order valence-corrected chi connectivity index (χ2v) is 4.00. The third-order valence-electron chi connectivity index (χ3n) is 2.04. The summed E-state index contributed by atoms with van der Waals surface area (Å²) in [5.41, 5.74) is 1.01. The number of hydrogen-bond acceptors (Lipinski definition) is 3. The molecule has 15 heavy (non-hydrogen) atoms. The third kappa shape index (κ3) is 2.39. The van der Waals surface area contributed by atoms with Crippen molar-refractivity contribution in [2.75, 3.05) is 0 Å². The fourth-order valence-corrected chi connectivity index (χ4v) is 1.50. The Balaban J connectivity index is 2.40. The Labute approximate surface area is 96.7 Å². The van der Waals surface area contributed by atoms with Crippen LogP contribution in [-0.4, -0.2) is 15.0 Å². The van der Waals surface area contributed by atoms with E-state index in [1.54, 1.807) is 6.33 Å². The number of nitrogens with zero attached hydrogens (tertiary/aromatic N) is 3. The van der Waals surface area contributed by atoms with Gasteiger partial charge in [-0.05, 0) is 12.1 Å². The highest BCUT2D eigenvalue weighted by Crippen LogP contribution is 2.17. The Kier molecular flexibility index (Phi) is 3.06. The van der Waals surface area contributed by atoms with Gasteiger partial charge in [0.1, 0.15) is 12.2 Å². The molecule has 4 heteroatoms. The van der Waals surface area contributed by atoms with Crippen LogP contribution in [0.1, 0.15) is 12.7 Å². The maximum Gasteiger partial charge on any atom is 0.162 e. The first-order valence-electron chi connectivity index (χ1n) is 4.73. The van der Waals surface area contributed by atoms with E-state index < -0.39 is 0 Å². The Hall–Kier alpha value is -1.29. The van der Waals surface area contributed by atoms with Gasteiger partial charge in [-0.2, -0.15) is 0 Å². The van der Waals surface area contributed by atoms with Gasteiger partial charge in [0.15, 0.2) is 5.82 Å². The minimum atomic E-state index is 0.731. The number of benzene rings is 1. The maximum atomic E-state index is 4.35. The van der Waals surface area contributed by atoms with E-state index in [4.69, 9.17) is 0 Å². The lowest BCUT2D eigenvalue weighted by Crippen LogP contribution is -1.97. The average Bonchev–Trinajstić information content (AvgIpc) is 2.30. The standard InChI is InChI=1S/C11H10BrN3/c1-2-10-13-7-14-11(15-10)8-3-5-9(12)6-4-8/h3-7H,2H2,1H3. The molecular formula is C11H10BrN3. The Bertz CT molecular complexity index is 454. The first kappa shape index (κ1) is 10.2. The molecule has 0 atom stereocenters. The van der Waals surface area contributed by atoms with Crippen LogP contribution in [0.4, 0.5) is 0 Å². The van der Waals surface area contributed by atoms with Gasteiger partial charge in [-0.25, -0.2) is 15.0 Å². The highest BCUT2D eigenvalue weighted by molar-refractivity contribution is 9.10. The summed E-state index contributed by atoms with van der Waals surface area (Å²) in [5, 5.41) is 0. The molecule has 0 fully saturated rings. The average molecular weight is 264 g/mol. The summed E-state index contributed by atoms with van der Waals surface area (Å²) in [4.78, 5) is 12.6. The molecule has 1 aromatic heterocycles. The summed E-state index contributed by atoms with van der Waals surface area (Å²) in [6.07, 6.45) is 2.38. The molecule has 0 bridgehead atoms. The lowest BCUT2D eigenvalue weighted by atomic mass is 10.2. The smallest absolute Gasteiger partial charge is 0.162 e. The fourth-order valence-electron chi connectivity index (χ4n) is 1.24. The van der Waals surface area contributed by atoms with Crippen LogP contribution in [0.15, 0.2) is 35.1 Å². The van der Waals surface area contributed by atoms with Crippen LogP contribution in [0.5, 0.6) is 0 Å². The zero-order valence-electron chi connectivity index (χ0n) is 8.31. The van der Waals surface area contributed by atoms with Gasteiger partial charge in [0, 0.05) is 16.5 Å². The summed E-state index contributed by atoms with van der Waals surface area (Å²) in [6, 6.07) is 7.92. The van der Waals surface area contributed by atoms with Gasteiger partial charge in [0.25, 0.3) is 0 Å². The van der Waals surface area contributed by atoms with E-state index >= 15 is 0 Å². The fraction of sp³-hybridized carbons (Fsp3) is 0.182. The molecule has 0 saturated carbocycles. The van der Waals surface area contributed by atoms with Crippen LogP contribution >= 0.6 is 15.9 Å². The van der Waals surface area contributed by atoms with Crippen LogP contribution in [-0.2, 0) is 6.42 Å². The summed E-state index contributed by atoms with van der Waals surface area (Å²) in [7, 11) is 0. The van der Waals surface area contributed by atoms with Gasteiger partial charge in [-0.1, -0.05) is 35.0 Å².